The van der Waals surface area contributed by atoms with Crippen LogP contribution in [0.25, 0.3) is 0 Å². The van der Waals surface area contributed by atoms with Crippen LogP contribution in [0.15, 0.2) is 45.8 Å². The summed E-state index contributed by atoms with van der Waals surface area (Å²) >= 11 is 0. The van der Waals surface area contributed by atoms with Gasteiger partial charge in [0.25, 0.3) is 0 Å². The molecule has 2 aliphatic carbocycles. The molecule has 0 saturated heterocycles. The molecule has 0 bridgehead atoms. The lowest BCUT2D eigenvalue weighted by Crippen LogP contribution is -2.37. The highest BCUT2D eigenvalue weighted by Crippen LogP contribution is 2.47. The number of rotatable bonds is 2. The van der Waals surface area contributed by atoms with E-state index >= 15 is 0 Å². The van der Waals surface area contributed by atoms with Gasteiger partial charge in [-0.1, -0.05) is 58.9 Å². The van der Waals surface area contributed by atoms with Crippen LogP contribution in [-0.4, -0.2) is 28.6 Å². The summed E-state index contributed by atoms with van der Waals surface area (Å²) in [7, 11) is 6.18. The molecule has 2 aliphatic rings. The minimum atomic E-state index is -1.43. The topological polar surface area (TPSA) is 0 Å². The van der Waals surface area contributed by atoms with Crippen LogP contribution in [0.4, 0.5) is 0 Å². The molecule has 0 aromatic rings. The molecule has 2 atom stereocenters. The van der Waals surface area contributed by atoms with Crippen molar-refractivity contribution in [3.8, 4) is 0 Å². The van der Waals surface area contributed by atoms with Gasteiger partial charge in [0.2, 0.25) is 0 Å². The molecule has 2 rings (SSSR count). The molecule has 0 spiro atoms. The molecular formula is C14H18Si3. The van der Waals surface area contributed by atoms with E-state index in [9.17, 15) is 0 Å². The average molecular weight is 271 g/mol. The van der Waals surface area contributed by atoms with Crippen LogP contribution >= 0.6 is 0 Å². The quantitative estimate of drug-likeness (QED) is 0.674. The summed E-state index contributed by atoms with van der Waals surface area (Å²) in [5.41, 5.74) is 3.98. The summed E-state index contributed by atoms with van der Waals surface area (Å²) in [6, 6.07) is 0. The van der Waals surface area contributed by atoms with Crippen LogP contribution in [0, 0.1) is 0 Å². The molecule has 6 radical (unpaired) electrons. The van der Waals surface area contributed by atoms with Crippen LogP contribution < -0.4 is 0 Å². The zero-order chi connectivity index (χ0) is 12.8. The summed E-state index contributed by atoms with van der Waals surface area (Å²) in [4.78, 5) is 0. The van der Waals surface area contributed by atoms with E-state index in [4.69, 9.17) is 0 Å². The van der Waals surface area contributed by atoms with E-state index in [1.54, 1.807) is 0 Å². The van der Waals surface area contributed by atoms with Gasteiger partial charge in [-0.05, 0) is 24.9 Å². The minimum Gasteiger partial charge on any atom is -0.0840 e. The molecule has 0 aromatic heterocycles. The molecule has 0 heterocycles. The fourth-order valence-electron chi connectivity index (χ4n) is 2.90. The predicted octanol–water partition coefficient (Wildman–Crippen LogP) is 3.46. The molecule has 2 unspecified atom stereocenters. The van der Waals surface area contributed by atoms with Crippen molar-refractivity contribution in [1.82, 2.24) is 0 Å². The smallest absolute Gasteiger partial charge is 0.0695 e. The van der Waals surface area contributed by atoms with Crippen molar-refractivity contribution in [3.05, 3.63) is 45.8 Å². The van der Waals surface area contributed by atoms with Gasteiger partial charge in [0.05, 0.1) is 28.6 Å². The lowest BCUT2D eigenvalue weighted by Gasteiger charge is -2.36. The first-order valence-electron chi connectivity index (χ1n) is 6.05. The highest BCUT2D eigenvalue weighted by molar-refractivity contribution is 6.84. The van der Waals surface area contributed by atoms with E-state index in [0.717, 1.165) is 0 Å². The Balaban J connectivity index is 2.33. The molecule has 0 nitrogen and oxygen atoms in total. The van der Waals surface area contributed by atoms with E-state index < -0.39 is 8.07 Å². The molecule has 0 N–H and O–H groups in total. The van der Waals surface area contributed by atoms with Gasteiger partial charge in [0, 0.05) is 0 Å². The van der Waals surface area contributed by atoms with Crippen LogP contribution in [0.3, 0.4) is 0 Å². The van der Waals surface area contributed by atoms with E-state index in [1.807, 2.05) is 0 Å². The molecular weight excluding hydrogens is 252 g/mol. The summed E-state index contributed by atoms with van der Waals surface area (Å²) < 4.78 is 0. The normalized spacial score (nSPS) is 28.8. The lowest BCUT2D eigenvalue weighted by molar-refractivity contribution is 1.14. The molecule has 0 aromatic carbocycles. The Morgan fingerprint density at radius 3 is 1.47 bits per heavy atom. The van der Waals surface area contributed by atoms with Crippen LogP contribution in [-0.2, 0) is 0 Å². The number of hydrogen-bond donors (Lipinski definition) is 0. The Bertz CT molecular complexity index is 422. The average Bonchev–Trinajstić information content (AvgIpc) is 2.70. The molecule has 3 heteroatoms. The second kappa shape index (κ2) is 4.37. The largest absolute Gasteiger partial charge is 0.0840 e. The van der Waals surface area contributed by atoms with Gasteiger partial charge in [-0.25, -0.2) is 0 Å². The summed E-state index contributed by atoms with van der Waals surface area (Å²) in [5.74, 6) is 0. The number of allylic oxidation sites excluding steroid dienone is 8. The first kappa shape index (κ1) is 13.1. The van der Waals surface area contributed by atoms with Gasteiger partial charge in [-0.2, -0.15) is 0 Å². The maximum Gasteiger partial charge on any atom is 0.0695 e. The van der Waals surface area contributed by atoms with Crippen molar-refractivity contribution < 1.29 is 0 Å². The third-order valence-electron chi connectivity index (χ3n) is 3.90. The van der Waals surface area contributed by atoms with E-state index in [0.29, 0.717) is 11.1 Å². The Kier molecular flexibility index (Phi) is 3.36. The zero-order valence-electron chi connectivity index (χ0n) is 11.0. The van der Waals surface area contributed by atoms with Crippen molar-refractivity contribution >= 4 is 28.6 Å². The third-order valence-corrected chi connectivity index (χ3v) is 9.55. The van der Waals surface area contributed by atoms with Gasteiger partial charge in [-0.3, -0.25) is 0 Å². The maximum absolute atomic E-state index is 3.81. The zero-order valence-corrected chi connectivity index (χ0v) is 14.0. The Morgan fingerprint density at radius 1 is 0.882 bits per heavy atom. The molecule has 17 heavy (non-hydrogen) atoms. The van der Waals surface area contributed by atoms with Crippen molar-refractivity contribution in [2.75, 3.05) is 0 Å². The predicted molar refractivity (Wildman–Crippen MR) is 80.2 cm³/mol. The lowest BCUT2D eigenvalue weighted by atomic mass is 10.3. The third kappa shape index (κ3) is 2.28. The second-order valence-corrected chi connectivity index (χ2v) is 11.8. The Labute approximate surface area is 112 Å². The van der Waals surface area contributed by atoms with E-state index in [1.165, 1.54) is 21.5 Å². The number of hydrogen-bond acceptors (Lipinski definition) is 0. The minimum absolute atomic E-state index is 0.603. The highest BCUT2D eigenvalue weighted by atomic mass is 28.3. The monoisotopic (exact) mass is 270 g/mol. The second-order valence-electron chi connectivity index (χ2n) is 5.80. The molecule has 0 saturated carbocycles. The standard InChI is InChI=1S/C14H18Si3/c1-9-5-11(15)13(7-9)17(3,4)14-8-10(2)6-12(14)16/h5-8,13-14H,1-4H3. The summed E-state index contributed by atoms with van der Waals surface area (Å²) in [6.45, 7) is 9.33. The van der Waals surface area contributed by atoms with Crippen molar-refractivity contribution in [3.63, 3.8) is 0 Å². The first-order valence-corrected chi connectivity index (χ1v) is 10.2. The van der Waals surface area contributed by atoms with Gasteiger partial charge < -0.3 is 0 Å². The Hall–Kier alpha value is -0.389. The fraction of sp³-hybridized carbons (Fsp3) is 0.429. The van der Waals surface area contributed by atoms with Gasteiger partial charge in [0.1, 0.15) is 0 Å². The van der Waals surface area contributed by atoms with Crippen LogP contribution in [0.1, 0.15) is 13.8 Å². The molecule has 86 valence electrons. The molecule has 0 fully saturated rings. The van der Waals surface area contributed by atoms with E-state index in [2.05, 4.69) is 71.7 Å². The van der Waals surface area contributed by atoms with Crippen LogP contribution in [0.2, 0.25) is 24.2 Å². The maximum atomic E-state index is 3.81. The SMILES string of the molecule is CC1=CC([Si](C)(C)C2C=C(C)C=C2[Si])C([Si])=C1. The Morgan fingerprint density at radius 2 is 1.24 bits per heavy atom. The van der Waals surface area contributed by atoms with Gasteiger partial charge in [-0.15, -0.1) is 0 Å². The van der Waals surface area contributed by atoms with Gasteiger partial charge in [0.15, 0.2) is 0 Å². The summed E-state index contributed by atoms with van der Waals surface area (Å²) in [6.07, 6.45) is 9.38. The highest BCUT2D eigenvalue weighted by Gasteiger charge is 2.40. The van der Waals surface area contributed by atoms with Crippen molar-refractivity contribution in [2.45, 2.75) is 38.0 Å². The van der Waals surface area contributed by atoms with Crippen molar-refractivity contribution in [2.24, 2.45) is 0 Å². The molecule has 0 amide bonds. The van der Waals surface area contributed by atoms with E-state index in [-0.39, 0.29) is 0 Å². The first-order chi connectivity index (χ1) is 7.82. The van der Waals surface area contributed by atoms with Gasteiger partial charge >= 0.3 is 0 Å². The fourth-order valence-corrected chi connectivity index (χ4v) is 9.29. The summed E-state index contributed by atoms with van der Waals surface area (Å²) in [5, 5.41) is 2.72. The molecule has 0 aliphatic heterocycles. The van der Waals surface area contributed by atoms with Crippen LogP contribution in [0.5, 0.6) is 0 Å². The van der Waals surface area contributed by atoms with Crippen molar-refractivity contribution in [1.29, 1.82) is 0 Å².